The normalized spacial score (nSPS) is 26.1. The van der Waals surface area contributed by atoms with Gasteiger partial charge in [-0.25, -0.2) is 4.79 Å². The Kier molecular flexibility index (Phi) is 2.76. The Morgan fingerprint density at radius 2 is 2.67 bits per heavy atom. The summed E-state index contributed by atoms with van der Waals surface area (Å²) in [6.45, 7) is 0.648. The van der Waals surface area contributed by atoms with Gasteiger partial charge in [0.05, 0.1) is 16.1 Å². The third-order valence-electron chi connectivity index (χ3n) is 0.930. The van der Waals surface area contributed by atoms with Gasteiger partial charge in [-0.3, -0.25) is 0 Å². The first-order valence-corrected chi connectivity index (χ1v) is 4.00. The average molecular weight is 166 g/mol. The predicted molar refractivity (Wildman–Crippen MR) is 38.0 cm³/mol. The standard InChI is InChI=1S/C4H7O3PS/c5-3(7-8)4-6-1-2-9-4/h4H,1-2,8H2/t4-/m1/s1. The molecule has 9 heavy (non-hydrogen) atoms. The number of carbonyl (C=O) groups is 1. The van der Waals surface area contributed by atoms with E-state index in [1.54, 1.807) is 0 Å². The quantitative estimate of drug-likeness (QED) is 0.528. The van der Waals surface area contributed by atoms with Gasteiger partial charge < -0.3 is 9.26 Å². The second-order valence-corrected chi connectivity index (χ2v) is 2.92. The maximum Gasteiger partial charge on any atom is 0.347 e. The van der Waals surface area contributed by atoms with E-state index in [0.29, 0.717) is 6.61 Å². The Labute approximate surface area is 59.8 Å². The predicted octanol–water partition coefficient (Wildman–Crippen LogP) is 0.409. The average Bonchev–Trinajstić information content (AvgIpc) is 2.37. The summed E-state index contributed by atoms with van der Waals surface area (Å²) in [5.74, 6) is 0.562. The van der Waals surface area contributed by atoms with Gasteiger partial charge in [0, 0.05) is 5.75 Å². The summed E-state index contributed by atoms with van der Waals surface area (Å²) in [5.41, 5.74) is -0.387. The molecule has 0 radical (unpaired) electrons. The molecule has 0 aliphatic carbocycles. The second kappa shape index (κ2) is 3.40. The van der Waals surface area contributed by atoms with Gasteiger partial charge in [-0.1, -0.05) is 0 Å². The number of thioether (sulfide) groups is 1. The van der Waals surface area contributed by atoms with Crippen LogP contribution in [0, 0.1) is 0 Å². The molecule has 0 saturated carbocycles. The van der Waals surface area contributed by atoms with Crippen molar-refractivity contribution in [3.05, 3.63) is 0 Å². The van der Waals surface area contributed by atoms with E-state index in [-0.39, 0.29) is 11.4 Å². The van der Waals surface area contributed by atoms with E-state index in [0.717, 1.165) is 5.75 Å². The van der Waals surface area contributed by atoms with E-state index < -0.39 is 0 Å². The molecule has 0 N–H and O–H groups in total. The summed E-state index contributed by atoms with van der Waals surface area (Å²) >= 11 is 1.46. The summed E-state index contributed by atoms with van der Waals surface area (Å²) in [6.07, 6.45) is 0. The van der Waals surface area contributed by atoms with E-state index in [9.17, 15) is 4.79 Å². The Morgan fingerprint density at radius 3 is 3.11 bits per heavy atom. The Bertz CT molecular complexity index is 112. The van der Waals surface area contributed by atoms with Crippen LogP contribution >= 0.6 is 21.2 Å². The van der Waals surface area contributed by atoms with Crippen LogP contribution < -0.4 is 0 Å². The number of rotatable bonds is 1. The molecular formula is C4H7O3PS. The van der Waals surface area contributed by atoms with Crippen LogP contribution in [0.25, 0.3) is 0 Å². The minimum absolute atomic E-state index is 0.317. The first-order chi connectivity index (χ1) is 4.34. The highest BCUT2D eigenvalue weighted by Crippen LogP contribution is 2.21. The van der Waals surface area contributed by atoms with Crippen LogP contribution in [0.1, 0.15) is 0 Å². The Hall–Kier alpha value is 0.210. The summed E-state index contributed by atoms with van der Waals surface area (Å²) < 4.78 is 9.35. The zero-order chi connectivity index (χ0) is 6.69. The van der Waals surface area contributed by atoms with Crippen LogP contribution in [-0.2, 0) is 14.1 Å². The molecule has 0 aromatic rings. The molecule has 0 amide bonds. The van der Waals surface area contributed by atoms with Crippen LogP contribution in [0.3, 0.4) is 0 Å². The lowest BCUT2D eigenvalue weighted by Gasteiger charge is -2.03. The van der Waals surface area contributed by atoms with Crippen molar-refractivity contribution in [2.75, 3.05) is 12.4 Å². The van der Waals surface area contributed by atoms with Gasteiger partial charge >= 0.3 is 5.97 Å². The van der Waals surface area contributed by atoms with Gasteiger partial charge in [0.25, 0.3) is 0 Å². The second-order valence-electron chi connectivity index (χ2n) is 1.51. The molecule has 1 rings (SSSR count). The summed E-state index contributed by atoms with van der Waals surface area (Å²) in [6, 6.07) is 0. The van der Waals surface area contributed by atoms with E-state index in [1.165, 1.54) is 11.8 Å². The number of carbonyl (C=O) groups excluding carboxylic acids is 1. The minimum atomic E-state index is -0.387. The Morgan fingerprint density at radius 1 is 1.89 bits per heavy atom. The SMILES string of the molecule is O=C(OP)[C@@H]1OCCS1. The lowest BCUT2D eigenvalue weighted by atomic mass is 10.7. The van der Waals surface area contributed by atoms with Crippen molar-refractivity contribution >= 4 is 27.2 Å². The van der Waals surface area contributed by atoms with Gasteiger partial charge in [-0.2, -0.15) is 0 Å². The van der Waals surface area contributed by atoms with Crippen LogP contribution in [0.2, 0.25) is 0 Å². The number of ether oxygens (including phenoxy) is 1. The molecule has 5 heteroatoms. The van der Waals surface area contributed by atoms with Crippen LogP contribution in [0.5, 0.6) is 0 Å². The molecule has 2 atom stereocenters. The van der Waals surface area contributed by atoms with Crippen molar-refractivity contribution in [3.8, 4) is 0 Å². The van der Waals surface area contributed by atoms with Crippen molar-refractivity contribution in [1.82, 2.24) is 0 Å². The van der Waals surface area contributed by atoms with Gasteiger partial charge in [-0.05, 0) is 0 Å². The molecule has 0 spiro atoms. The molecule has 0 bridgehead atoms. The largest absolute Gasteiger partial charge is 0.449 e. The summed E-state index contributed by atoms with van der Waals surface area (Å²) in [7, 11) is 1.91. The smallest absolute Gasteiger partial charge is 0.347 e. The minimum Gasteiger partial charge on any atom is -0.449 e. The van der Waals surface area contributed by atoms with E-state index in [2.05, 4.69) is 4.52 Å². The zero-order valence-corrected chi connectivity index (χ0v) is 6.67. The number of hydrogen-bond donors (Lipinski definition) is 0. The molecule has 1 aliphatic rings. The van der Waals surface area contributed by atoms with Crippen molar-refractivity contribution in [2.24, 2.45) is 0 Å². The third kappa shape index (κ3) is 1.81. The van der Waals surface area contributed by atoms with Crippen molar-refractivity contribution < 1.29 is 14.1 Å². The molecule has 52 valence electrons. The summed E-state index contributed by atoms with van der Waals surface area (Å²) in [5, 5.41) is 0. The van der Waals surface area contributed by atoms with Gasteiger partial charge in [0.15, 0.2) is 0 Å². The van der Waals surface area contributed by atoms with Gasteiger partial charge in [0.1, 0.15) is 0 Å². The maximum absolute atomic E-state index is 10.6. The molecule has 1 heterocycles. The van der Waals surface area contributed by atoms with Crippen molar-refractivity contribution in [2.45, 2.75) is 5.44 Å². The summed E-state index contributed by atoms with van der Waals surface area (Å²) in [4.78, 5) is 10.6. The van der Waals surface area contributed by atoms with E-state index in [1.807, 2.05) is 9.47 Å². The molecule has 1 unspecified atom stereocenters. The molecular weight excluding hydrogens is 159 g/mol. The fourth-order valence-electron chi connectivity index (χ4n) is 0.550. The van der Waals surface area contributed by atoms with Crippen LogP contribution in [0.4, 0.5) is 0 Å². The highest BCUT2D eigenvalue weighted by atomic mass is 32.2. The van der Waals surface area contributed by atoms with E-state index in [4.69, 9.17) is 4.74 Å². The fraction of sp³-hybridized carbons (Fsp3) is 0.750. The topological polar surface area (TPSA) is 35.5 Å². The van der Waals surface area contributed by atoms with Crippen molar-refractivity contribution in [1.29, 1.82) is 0 Å². The lowest BCUT2D eigenvalue weighted by Crippen LogP contribution is -2.15. The monoisotopic (exact) mass is 166 g/mol. The molecule has 0 aromatic carbocycles. The first kappa shape index (κ1) is 7.32. The molecule has 3 nitrogen and oxygen atoms in total. The lowest BCUT2D eigenvalue weighted by molar-refractivity contribution is -0.139. The van der Waals surface area contributed by atoms with Gasteiger partial charge in [-0.15, -0.1) is 11.8 Å². The molecule has 1 fully saturated rings. The first-order valence-electron chi connectivity index (χ1n) is 2.48. The highest BCUT2D eigenvalue weighted by molar-refractivity contribution is 8.00. The fourth-order valence-corrected chi connectivity index (χ4v) is 1.56. The van der Waals surface area contributed by atoms with Crippen molar-refractivity contribution in [3.63, 3.8) is 0 Å². The maximum atomic E-state index is 10.6. The molecule has 1 aliphatic heterocycles. The zero-order valence-electron chi connectivity index (χ0n) is 4.70. The van der Waals surface area contributed by atoms with E-state index >= 15 is 0 Å². The number of hydrogen-bond acceptors (Lipinski definition) is 4. The van der Waals surface area contributed by atoms with Crippen LogP contribution in [0.15, 0.2) is 0 Å². The highest BCUT2D eigenvalue weighted by Gasteiger charge is 2.24. The third-order valence-corrected chi connectivity index (χ3v) is 2.20. The van der Waals surface area contributed by atoms with Gasteiger partial charge in [0.2, 0.25) is 5.44 Å². The molecule has 1 saturated heterocycles. The van der Waals surface area contributed by atoms with Crippen LogP contribution in [-0.4, -0.2) is 23.8 Å². The Balaban J connectivity index is 2.32. The molecule has 0 aromatic heterocycles.